The van der Waals surface area contributed by atoms with E-state index in [4.69, 9.17) is 27.9 Å². The molecule has 4 rings (SSSR count). The third-order valence-corrected chi connectivity index (χ3v) is 6.36. The summed E-state index contributed by atoms with van der Waals surface area (Å²) in [6.45, 7) is 5.19. The van der Waals surface area contributed by atoms with Gasteiger partial charge in [0.05, 0.1) is 17.4 Å². The van der Waals surface area contributed by atoms with Crippen molar-refractivity contribution >= 4 is 64.0 Å². The minimum Gasteiger partial charge on any atom is -0.459 e. The summed E-state index contributed by atoms with van der Waals surface area (Å²) in [5.74, 6) is -2.28. The van der Waals surface area contributed by atoms with Crippen LogP contribution in [-0.4, -0.2) is 29.8 Å². The first-order valence-corrected chi connectivity index (χ1v) is 12.4. The fraction of sp³-hybridized carbons (Fsp3) is 0.143. The highest BCUT2D eigenvalue weighted by molar-refractivity contribution is 6.53. The van der Waals surface area contributed by atoms with Crippen molar-refractivity contribution in [1.29, 1.82) is 0 Å². The molecule has 0 saturated heterocycles. The van der Waals surface area contributed by atoms with E-state index in [0.29, 0.717) is 33.2 Å². The quantitative estimate of drug-likeness (QED) is 0.279. The third kappa shape index (κ3) is 5.56. The van der Waals surface area contributed by atoms with Crippen molar-refractivity contribution in [2.45, 2.75) is 26.9 Å². The number of nitrogens with one attached hydrogen (secondary N) is 2. The Hall–Kier alpha value is -4.14. The Morgan fingerprint density at radius 1 is 0.868 bits per heavy atom. The SMILES string of the molecule is Cc1c(Cl)cccc1N1C(=O)C(Cl)=C(Nc2cccc(C(=O)Nc3cccc(C(=O)OC(C)C)c3)c2)C1=O. The molecule has 1 aliphatic rings. The molecule has 0 radical (unpaired) electrons. The average Bonchev–Trinajstić information content (AvgIpc) is 3.08. The fourth-order valence-electron chi connectivity index (χ4n) is 3.76. The zero-order valence-electron chi connectivity index (χ0n) is 20.7. The number of halogens is 2. The Labute approximate surface area is 229 Å². The number of esters is 1. The van der Waals surface area contributed by atoms with Crippen molar-refractivity contribution in [3.8, 4) is 0 Å². The Balaban J connectivity index is 1.51. The van der Waals surface area contributed by atoms with Crippen LogP contribution in [0.2, 0.25) is 5.02 Å². The number of hydrogen-bond acceptors (Lipinski definition) is 6. The number of hydrogen-bond donors (Lipinski definition) is 2. The van der Waals surface area contributed by atoms with E-state index in [9.17, 15) is 19.2 Å². The second kappa shape index (κ2) is 11.1. The summed E-state index contributed by atoms with van der Waals surface area (Å²) in [6.07, 6.45) is -0.275. The molecule has 3 aromatic carbocycles. The lowest BCUT2D eigenvalue weighted by atomic mass is 10.1. The highest BCUT2D eigenvalue weighted by Gasteiger charge is 2.39. The molecular weight excluding hydrogens is 529 g/mol. The molecule has 1 heterocycles. The van der Waals surface area contributed by atoms with Gasteiger partial charge >= 0.3 is 5.97 Å². The highest BCUT2D eigenvalue weighted by Crippen LogP contribution is 2.34. The van der Waals surface area contributed by atoms with Gasteiger partial charge in [0.1, 0.15) is 10.7 Å². The first kappa shape index (κ1) is 26.9. The number of anilines is 3. The number of ether oxygens (including phenoxy) is 1. The minimum absolute atomic E-state index is 0.120. The third-order valence-electron chi connectivity index (χ3n) is 5.60. The first-order chi connectivity index (χ1) is 18.1. The van der Waals surface area contributed by atoms with Gasteiger partial charge in [0.2, 0.25) is 0 Å². The fourth-order valence-corrected chi connectivity index (χ4v) is 4.14. The Bertz CT molecular complexity index is 1500. The van der Waals surface area contributed by atoms with Crippen LogP contribution in [0.3, 0.4) is 0 Å². The predicted octanol–water partition coefficient (Wildman–Crippen LogP) is 5.90. The van der Waals surface area contributed by atoms with Crippen LogP contribution >= 0.6 is 23.2 Å². The molecule has 0 spiro atoms. The van der Waals surface area contributed by atoms with E-state index < -0.39 is 23.7 Å². The number of nitrogens with zero attached hydrogens (tertiary/aromatic N) is 1. The average molecular weight is 552 g/mol. The summed E-state index contributed by atoms with van der Waals surface area (Å²) in [7, 11) is 0. The molecule has 1 aliphatic heterocycles. The lowest BCUT2D eigenvalue weighted by Crippen LogP contribution is -2.32. The van der Waals surface area contributed by atoms with E-state index in [1.807, 2.05) is 0 Å². The van der Waals surface area contributed by atoms with Gasteiger partial charge in [-0.1, -0.05) is 41.4 Å². The second-order valence-electron chi connectivity index (χ2n) is 8.71. The topological polar surface area (TPSA) is 105 Å². The number of carbonyl (C=O) groups excluding carboxylic acids is 4. The van der Waals surface area contributed by atoms with Gasteiger partial charge in [0.25, 0.3) is 17.7 Å². The van der Waals surface area contributed by atoms with E-state index in [0.717, 1.165) is 4.90 Å². The number of benzene rings is 3. The molecule has 0 fully saturated rings. The van der Waals surface area contributed by atoms with Crippen molar-refractivity contribution < 1.29 is 23.9 Å². The molecule has 10 heteroatoms. The largest absolute Gasteiger partial charge is 0.459 e. The zero-order chi connectivity index (χ0) is 27.6. The van der Waals surface area contributed by atoms with Gasteiger partial charge in [-0.05, 0) is 74.9 Å². The molecule has 0 atom stereocenters. The summed E-state index contributed by atoms with van der Waals surface area (Å²) in [4.78, 5) is 52.0. The molecule has 0 bridgehead atoms. The van der Waals surface area contributed by atoms with Crippen LogP contribution in [0.4, 0.5) is 17.1 Å². The van der Waals surface area contributed by atoms with Crippen LogP contribution in [0.25, 0.3) is 0 Å². The minimum atomic E-state index is -0.686. The molecule has 3 aromatic rings. The molecule has 8 nitrogen and oxygen atoms in total. The summed E-state index contributed by atoms with van der Waals surface area (Å²) < 4.78 is 5.20. The molecule has 0 aromatic heterocycles. The van der Waals surface area contributed by atoms with Gasteiger partial charge in [-0.25, -0.2) is 9.69 Å². The Kier molecular flexibility index (Phi) is 7.85. The van der Waals surface area contributed by atoms with E-state index in [1.54, 1.807) is 75.4 Å². The molecule has 194 valence electrons. The molecule has 38 heavy (non-hydrogen) atoms. The molecule has 3 amide bonds. The normalized spacial score (nSPS) is 13.3. The summed E-state index contributed by atoms with van der Waals surface area (Å²) in [6, 6.07) is 17.6. The summed E-state index contributed by atoms with van der Waals surface area (Å²) in [5.41, 5.74) is 2.10. The Morgan fingerprint density at radius 3 is 2.21 bits per heavy atom. The van der Waals surface area contributed by atoms with Crippen molar-refractivity contribution in [2.75, 3.05) is 15.5 Å². The number of imide groups is 1. The smallest absolute Gasteiger partial charge is 0.338 e. The predicted molar refractivity (Wildman–Crippen MR) is 147 cm³/mol. The van der Waals surface area contributed by atoms with Crippen molar-refractivity contribution in [3.63, 3.8) is 0 Å². The highest BCUT2D eigenvalue weighted by atomic mass is 35.5. The Morgan fingerprint density at radius 2 is 1.50 bits per heavy atom. The maximum absolute atomic E-state index is 13.1. The maximum atomic E-state index is 13.1. The van der Waals surface area contributed by atoms with Crippen LogP contribution in [0.15, 0.2) is 77.5 Å². The summed E-state index contributed by atoms with van der Waals surface area (Å²) >= 11 is 12.4. The lowest BCUT2D eigenvalue weighted by molar-refractivity contribution is -0.120. The molecule has 0 saturated carbocycles. The van der Waals surface area contributed by atoms with Gasteiger partial charge < -0.3 is 15.4 Å². The van der Waals surface area contributed by atoms with E-state index in [1.165, 1.54) is 12.1 Å². The van der Waals surface area contributed by atoms with Gasteiger partial charge in [-0.2, -0.15) is 0 Å². The maximum Gasteiger partial charge on any atom is 0.338 e. The van der Waals surface area contributed by atoms with Crippen LogP contribution in [0, 0.1) is 6.92 Å². The lowest BCUT2D eigenvalue weighted by Gasteiger charge is -2.18. The van der Waals surface area contributed by atoms with E-state index >= 15 is 0 Å². The van der Waals surface area contributed by atoms with Gasteiger partial charge in [0, 0.05) is 22.0 Å². The molecule has 2 N–H and O–H groups in total. The zero-order valence-corrected chi connectivity index (χ0v) is 22.2. The van der Waals surface area contributed by atoms with Crippen molar-refractivity contribution in [1.82, 2.24) is 0 Å². The van der Waals surface area contributed by atoms with Gasteiger partial charge in [-0.3, -0.25) is 14.4 Å². The van der Waals surface area contributed by atoms with Crippen LogP contribution < -0.4 is 15.5 Å². The number of carbonyl (C=O) groups is 4. The van der Waals surface area contributed by atoms with Gasteiger partial charge in [0.15, 0.2) is 0 Å². The first-order valence-electron chi connectivity index (χ1n) is 11.6. The van der Waals surface area contributed by atoms with Crippen LogP contribution in [-0.2, 0) is 14.3 Å². The number of amides is 3. The van der Waals surface area contributed by atoms with Crippen molar-refractivity contribution in [3.05, 3.63) is 99.2 Å². The van der Waals surface area contributed by atoms with E-state index in [-0.39, 0.29) is 22.4 Å². The monoisotopic (exact) mass is 551 g/mol. The molecule has 0 aliphatic carbocycles. The van der Waals surface area contributed by atoms with E-state index in [2.05, 4.69) is 10.6 Å². The van der Waals surface area contributed by atoms with Gasteiger partial charge in [-0.15, -0.1) is 0 Å². The summed E-state index contributed by atoms with van der Waals surface area (Å²) in [5, 5.41) is 5.73. The molecule has 0 unspecified atom stereocenters. The van der Waals surface area contributed by atoms with Crippen molar-refractivity contribution in [2.24, 2.45) is 0 Å². The van der Waals surface area contributed by atoms with Crippen LogP contribution in [0.5, 0.6) is 0 Å². The number of rotatable bonds is 7. The second-order valence-corrected chi connectivity index (χ2v) is 9.50. The standard InChI is InChI=1S/C28H23Cl2N3O5/c1-15(2)38-28(37)18-8-5-10-20(14-18)32-25(34)17-7-4-9-19(13-17)31-24-23(30)26(35)33(27(24)36)22-12-6-11-21(29)16(22)3/h4-15,31H,1-3H3,(H,32,34). The molecular formula is C28H23Cl2N3O5. The van der Waals surface area contributed by atoms with Crippen LogP contribution in [0.1, 0.15) is 40.1 Å².